The van der Waals surface area contributed by atoms with E-state index in [1.165, 1.54) is 0 Å². The summed E-state index contributed by atoms with van der Waals surface area (Å²) in [6.07, 6.45) is 0.772. The van der Waals surface area contributed by atoms with Crippen molar-refractivity contribution in [2.24, 2.45) is 11.7 Å². The van der Waals surface area contributed by atoms with Crippen LogP contribution in [0.4, 0.5) is 0 Å². The van der Waals surface area contributed by atoms with Crippen molar-refractivity contribution in [2.75, 3.05) is 0 Å². The number of carbonyl (C=O) groups is 1. The number of hydrogen-bond acceptors (Lipinski definition) is 4. The molecule has 2 N–H and O–H groups in total. The van der Waals surface area contributed by atoms with Gasteiger partial charge in [-0.05, 0) is 12.0 Å². The quantitative estimate of drug-likeness (QED) is 0.829. The molecule has 0 amide bonds. The average molecular weight is 254 g/mol. The molecule has 2 aliphatic rings. The Hall–Kier alpha value is -2.28. The summed E-state index contributed by atoms with van der Waals surface area (Å²) in [5, 5.41) is 9.33. The van der Waals surface area contributed by atoms with E-state index in [1.54, 1.807) is 0 Å². The van der Waals surface area contributed by atoms with E-state index in [2.05, 4.69) is 6.07 Å². The van der Waals surface area contributed by atoms with Gasteiger partial charge >= 0.3 is 0 Å². The van der Waals surface area contributed by atoms with Crippen molar-refractivity contribution >= 4 is 5.78 Å². The molecule has 4 nitrogen and oxygen atoms in total. The molecule has 1 aliphatic heterocycles. The highest BCUT2D eigenvalue weighted by molar-refractivity contribution is 5.86. The van der Waals surface area contributed by atoms with Crippen LogP contribution in [0.2, 0.25) is 0 Å². The summed E-state index contributed by atoms with van der Waals surface area (Å²) in [5.74, 6) is 0.0898. The smallest absolute Gasteiger partial charge is 0.199 e. The lowest BCUT2D eigenvalue weighted by atomic mass is 9.77. The number of allylic oxidation sites excluding steroid dienone is 1. The number of rotatable bonds is 1. The van der Waals surface area contributed by atoms with Crippen molar-refractivity contribution in [3.63, 3.8) is 0 Å². The second kappa shape index (κ2) is 4.43. The van der Waals surface area contributed by atoms with Crippen molar-refractivity contribution in [3.05, 3.63) is 47.4 Å². The number of carbonyl (C=O) groups excluding carboxylic acids is 1. The second-order valence-electron chi connectivity index (χ2n) is 4.99. The Balaban J connectivity index is 2.10. The Labute approximate surface area is 111 Å². The molecule has 1 aromatic carbocycles. The molecule has 0 spiro atoms. The molecule has 1 heterocycles. The predicted octanol–water partition coefficient (Wildman–Crippen LogP) is 1.84. The van der Waals surface area contributed by atoms with Crippen molar-refractivity contribution < 1.29 is 9.53 Å². The molecule has 4 heteroatoms. The minimum atomic E-state index is -0.484. The zero-order chi connectivity index (χ0) is 13.4. The van der Waals surface area contributed by atoms with E-state index in [-0.39, 0.29) is 23.5 Å². The standard InChI is InChI=1S/C15H14N2O2/c16-8-11-13(9-4-2-1-3-5-9)10-6-7-12(18)14(10)19-15(11)17/h1-5,10,13-14H,6-7,17H2/t10-,13+,14+/m0/s1. The lowest BCUT2D eigenvalue weighted by Gasteiger charge is -2.33. The number of nitrogens with zero attached hydrogens (tertiary/aromatic N) is 1. The van der Waals surface area contributed by atoms with Crippen LogP contribution < -0.4 is 5.73 Å². The van der Waals surface area contributed by atoms with Crippen molar-refractivity contribution in [1.82, 2.24) is 0 Å². The van der Waals surface area contributed by atoms with Crippen LogP contribution >= 0.6 is 0 Å². The van der Waals surface area contributed by atoms with Crippen molar-refractivity contribution in [2.45, 2.75) is 24.9 Å². The molecule has 0 bridgehead atoms. The first-order chi connectivity index (χ1) is 9.22. The Morgan fingerprint density at radius 2 is 2.05 bits per heavy atom. The highest BCUT2D eigenvalue weighted by atomic mass is 16.5. The Morgan fingerprint density at radius 3 is 2.74 bits per heavy atom. The molecule has 0 aromatic heterocycles. The normalized spacial score (nSPS) is 29.6. The maximum atomic E-state index is 11.8. The van der Waals surface area contributed by atoms with Gasteiger partial charge in [-0.3, -0.25) is 4.79 Å². The molecule has 0 radical (unpaired) electrons. The van der Waals surface area contributed by atoms with Gasteiger partial charge in [0.05, 0.1) is 5.57 Å². The van der Waals surface area contributed by atoms with E-state index < -0.39 is 6.10 Å². The maximum Gasteiger partial charge on any atom is 0.199 e. The molecule has 1 saturated carbocycles. The lowest BCUT2D eigenvalue weighted by Crippen LogP contribution is -2.36. The van der Waals surface area contributed by atoms with Gasteiger partial charge in [0.15, 0.2) is 17.8 Å². The molecule has 3 rings (SSSR count). The van der Waals surface area contributed by atoms with Gasteiger partial charge in [-0.25, -0.2) is 0 Å². The van der Waals surface area contributed by atoms with E-state index in [1.807, 2.05) is 30.3 Å². The number of benzene rings is 1. The molecule has 19 heavy (non-hydrogen) atoms. The van der Waals surface area contributed by atoms with Crippen LogP contribution in [0, 0.1) is 17.2 Å². The third kappa shape index (κ3) is 1.78. The third-order valence-electron chi connectivity index (χ3n) is 3.97. The fourth-order valence-electron chi connectivity index (χ4n) is 3.10. The van der Waals surface area contributed by atoms with Gasteiger partial charge in [-0.15, -0.1) is 0 Å². The minimum Gasteiger partial charge on any atom is -0.467 e. The highest BCUT2D eigenvalue weighted by Crippen LogP contribution is 2.45. The Morgan fingerprint density at radius 1 is 1.32 bits per heavy atom. The largest absolute Gasteiger partial charge is 0.467 e. The summed E-state index contributed by atoms with van der Waals surface area (Å²) in [6.45, 7) is 0. The maximum absolute atomic E-state index is 11.8. The fraction of sp³-hybridized carbons (Fsp3) is 0.333. The third-order valence-corrected chi connectivity index (χ3v) is 3.97. The molecular formula is C15H14N2O2. The van der Waals surface area contributed by atoms with E-state index in [9.17, 15) is 10.1 Å². The van der Waals surface area contributed by atoms with Gasteiger partial charge < -0.3 is 10.5 Å². The number of ether oxygens (including phenoxy) is 1. The number of nitrogens with two attached hydrogens (primary N) is 1. The topological polar surface area (TPSA) is 76.1 Å². The number of nitriles is 1. The monoisotopic (exact) mass is 254 g/mol. The summed E-state index contributed by atoms with van der Waals surface area (Å²) in [7, 11) is 0. The molecule has 3 atom stereocenters. The first-order valence-corrected chi connectivity index (χ1v) is 6.36. The summed E-state index contributed by atoms with van der Waals surface area (Å²) >= 11 is 0. The number of Topliss-reactive ketones (excluding diaryl/α,β-unsaturated/α-hetero) is 1. The first-order valence-electron chi connectivity index (χ1n) is 6.36. The summed E-state index contributed by atoms with van der Waals surface area (Å²) < 4.78 is 5.46. The zero-order valence-corrected chi connectivity index (χ0v) is 10.4. The second-order valence-corrected chi connectivity index (χ2v) is 4.99. The van der Waals surface area contributed by atoms with Gasteiger partial charge in [0.1, 0.15) is 6.07 Å². The van der Waals surface area contributed by atoms with E-state index in [4.69, 9.17) is 10.5 Å². The number of hydrogen-bond donors (Lipinski definition) is 1. The lowest BCUT2D eigenvalue weighted by molar-refractivity contribution is -0.127. The molecule has 1 aromatic rings. The predicted molar refractivity (Wildman–Crippen MR) is 68.6 cm³/mol. The molecule has 96 valence electrons. The van der Waals surface area contributed by atoms with Crippen LogP contribution in [0.3, 0.4) is 0 Å². The SMILES string of the molecule is N#CC1=C(N)O[C@H]2C(=O)CC[C@H]2[C@H]1c1ccccc1. The van der Waals surface area contributed by atoms with Gasteiger partial charge in [0.2, 0.25) is 0 Å². The van der Waals surface area contributed by atoms with Gasteiger partial charge in [-0.2, -0.15) is 5.26 Å². The van der Waals surface area contributed by atoms with Gasteiger partial charge in [0, 0.05) is 18.3 Å². The zero-order valence-electron chi connectivity index (χ0n) is 10.4. The van der Waals surface area contributed by atoms with Crippen LogP contribution in [-0.2, 0) is 9.53 Å². The number of ketones is 1. The summed E-state index contributed by atoms with van der Waals surface area (Å²) in [4.78, 5) is 11.8. The molecular weight excluding hydrogens is 240 g/mol. The average Bonchev–Trinajstić information content (AvgIpc) is 2.79. The Bertz CT molecular complexity index is 586. The van der Waals surface area contributed by atoms with Crippen molar-refractivity contribution in [3.8, 4) is 6.07 Å². The van der Waals surface area contributed by atoms with E-state index >= 15 is 0 Å². The van der Waals surface area contributed by atoms with Crippen LogP contribution in [0.5, 0.6) is 0 Å². The van der Waals surface area contributed by atoms with Gasteiger partial charge in [0.25, 0.3) is 0 Å². The van der Waals surface area contributed by atoms with Crippen LogP contribution in [0.1, 0.15) is 24.3 Å². The molecule has 1 aliphatic carbocycles. The van der Waals surface area contributed by atoms with E-state index in [0.29, 0.717) is 12.0 Å². The van der Waals surface area contributed by atoms with E-state index in [0.717, 1.165) is 12.0 Å². The summed E-state index contributed by atoms with van der Waals surface area (Å²) in [5.41, 5.74) is 7.29. The molecule has 0 unspecified atom stereocenters. The molecule has 1 fully saturated rings. The minimum absolute atomic E-state index is 0.0249. The molecule has 0 saturated heterocycles. The van der Waals surface area contributed by atoms with Gasteiger partial charge in [-0.1, -0.05) is 30.3 Å². The first kappa shape index (κ1) is 11.8. The summed E-state index contributed by atoms with van der Waals surface area (Å²) in [6, 6.07) is 11.9. The van der Waals surface area contributed by atoms with Crippen molar-refractivity contribution in [1.29, 1.82) is 5.26 Å². The Kier molecular flexibility index (Phi) is 2.75. The fourth-order valence-corrected chi connectivity index (χ4v) is 3.10. The van der Waals surface area contributed by atoms with Crippen LogP contribution in [0.25, 0.3) is 0 Å². The number of fused-ring (bicyclic) bond motifs is 1. The highest BCUT2D eigenvalue weighted by Gasteiger charge is 2.47. The van der Waals surface area contributed by atoms with Crippen LogP contribution in [0.15, 0.2) is 41.8 Å². The van der Waals surface area contributed by atoms with Crippen LogP contribution in [-0.4, -0.2) is 11.9 Å².